The van der Waals surface area contributed by atoms with Crippen molar-refractivity contribution in [2.24, 2.45) is 5.92 Å². The van der Waals surface area contributed by atoms with Gasteiger partial charge in [0.25, 0.3) is 0 Å². The second-order valence-electron chi connectivity index (χ2n) is 5.04. The van der Waals surface area contributed by atoms with Gasteiger partial charge in [-0.15, -0.1) is 0 Å². The molecule has 1 atom stereocenters. The summed E-state index contributed by atoms with van der Waals surface area (Å²) in [5, 5.41) is 2.94. The lowest BCUT2D eigenvalue weighted by Crippen LogP contribution is -2.15. The van der Waals surface area contributed by atoms with Crippen molar-refractivity contribution >= 4 is 11.6 Å². The number of carbonyl (C=O) groups excluding carboxylic acids is 1. The van der Waals surface area contributed by atoms with Gasteiger partial charge in [-0.2, -0.15) is 0 Å². The molecule has 0 aromatic heterocycles. The van der Waals surface area contributed by atoms with Crippen LogP contribution in [0, 0.1) is 5.92 Å². The van der Waals surface area contributed by atoms with Gasteiger partial charge >= 0.3 is 0 Å². The van der Waals surface area contributed by atoms with Crippen LogP contribution in [0.25, 0.3) is 0 Å². The number of carbonyl (C=O) groups is 1. The van der Waals surface area contributed by atoms with Gasteiger partial charge in [0.15, 0.2) is 0 Å². The molecule has 1 unspecified atom stereocenters. The normalized spacial score (nSPS) is 16.8. The average Bonchev–Trinajstić information content (AvgIpc) is 2.95. The van der Waals surface area contributed by atoms with Crippen molar-refractivity contribution < 1.29 is 14.3 Å². The number of benzene rings is 1. The summed E-state index contributed by atoms with van der Waals surface area (Å²) >= 11 is 0. The van der Waals surface area contributed by atoms with Crippen LogP contribution >= 0.6 is 0 Å². The van der Waals surface area contributed by atoms with E-state index in [0.29, 0.717) is 37.0 Å². The highest BCUT2D eigenvalue weighted by atomic mass is 16.5. The maximum atomic E-state index is 12.2. The topological polar surface area (TPSA) is 47.6 Å². The fourth-order valence-corrected chi connectivity index (χ4v) is 2.45. The number of hydrogen-bond donors (Lipinski definition) is 1. The van der Waals surface area contributed by atoms with Crippen molar-refractivity contribution in [1.29, 1.82) is 0 Å². The first kappa shape index (κ1) is 15.4. The summed E-state index contributed by atoms with van der Waals surface area (Å²) in [5.41, 5.74) is 0.676. The molecule has 21 heavy (non-hydrogen) atoms. The summed E-state index contributed by atoms with van der Waals surface area (Å²) < 4.78 is 11.0. The van der Waals surface area contributed by atoms with Crippen LogP contribution in [0.4, 0.5) is 5.69 Å². The molecule has 0 heterocycles. The Morgan fingerprint density at radius 2 is 2.10 bits per heavy atom. The third-order valence-corrected chi connectivity index (χ3v) is 3.40. The highest BCUT2D eigenvalue weighted by molar-refractivity contribution is 5.92. The van der Waals surface area contributed by atoms with Crippen molar-refractivity contribution in [2.45, 2.75) is 33.1 Å². The van der Waals surface area contributed by atoms with Crippen molar-refractivity contribution in [3.05, 3.63) is 30.4 Å². The third-order valence-electron chi connectivity index (χ3n) is 3.40. The number of rotatable bonds is 7. The van der Waals surface area contributed by atoms with Gasteiger partial charge in [0.1, 0.15) is 11.5 Å². The van der Waals surface area contributed by atoms with Gasteiger partial charge in [0.05, 0.1) is 18.9 Å². The molecule has 1 amide bonds. The van der Waals surface area contributed by atoms with Crippen LogP contribution < -0.4 is 14.8 Å². The smallest absolute Gasteiger partial charge is 0.225 e. The number of ether oxygens (including phenoxy) is 2. The van der Waals surface area contributed by atoms with Crippen LogP contribution in [0.15, 0.2) is 30.4 Å². The molecule has 0 spiro atoms. The fraction of sp³-hybridized carbons (Fsp3) is 0.471. The Morgan fingerprint density at radius 1 is 1.29 bits per heavy atom. The highest BCUT2D eigenvalue weighted by Crippen LogP contribution is 2.30. The molecule has 0 fully saturated rings. The standard InChI is InChI=1S/C17H23NO3/c1-3-20-14-9-10-16(21-4-2)15(12-14)18-17(19)11-13-7-5-6-8-13/h5,7,9-10,12-13H,3-4,6,8,11H2,1-2H3,(H,18,19). The third kappa shape index (κ3) is 4.52. The van der Waals surface area contributed by atoms with E-state index >= 15 is 0 Å². The molecule has 0 bridgehead atoms. The van der Waals surface area contributed by atoms with Crippen molar-refractivity contribution in [3.8, 4) is 11.5 Å². The Bertz CT molecular complexity index is 511. The summed E-state index contributed by atoms with van der Waals surface area (Å²) in [6.07, 6.45) is 6.91. The second-order valence-corrected chi connectivity index (χ2v) is 5.04. The Labute approximate surface area is 126 Å². The molecule has 4 heteroatoms. The first-order valence-electron chi connectivity index (χ1n) is 7.59. The Balaban J connectivity index is 2.05. The van der Waals surface area contributed by atoms with E-state index in [0.717, 1.165) is 18.6 Å². The Hall–Kier alpha value is -1.97. The molecule has 1 aromatic carbocycles. The van der Waals surface area contributed by atoms with Gasteiger partial charge in [-0.05, 0) is 44.7 Å². The fourth-order valence-electron chi connectivity index (χ4n) is 2.45. The summed E-state index contributed by atoms with van der Waals surface area (Å²) in [6.45, 7) is 5.00. The molecule has 1 aliphatic carbocycles. The maximum absolute atomic E-state index is 12.2. The molecule has 1 N–H and O–H groups in total. The van der Waals surface area contributed by atoms with Gasteiger partial charge in [-0.25, -0.2) is 0 Å². The lowest BCUT2D eigenvalue weighted by molar-refractivity contribution is -0.116. The molecule has 1 aromatic rings. The van der Waals surface area contributed by atoms with Crippen LogP contribution in [0.3, 0.4) is 0 Å². The van der Waals surface area contributed by atoms with Crippen LogP contribution in [-0.2, 0) is 4.79 Å². The van der Waals surface area contributed by atoms with E-state index in [-0.39, 0.29) is 5.91 Å². The Morgan fingerprint density at radius 3 is 2.76 bits per heavy atom. The lowest BCUT2D eigenvalue weighted by atomic mass is 10.0. The number of anilines is 1. The van der Waals surface area contributed by atoms with Gasteiger partial charge in [-0.3, -0.25) is 4.79 Å². The first-order valence-corrected chi connectivity index (χ1v) is 7.59. The molecule has 1 aliphatic rings. The van der Waals surface area contributed by atoms with Gasteiger partial charge in [-0.1, -0.05) is 12.2 Å². The highest BCUT2D eigenvalue weighted by Gasteiger charge is 2.16. The van der Waals surface area contributed by atoms with Crippen LogP contribution in [0.1, 0.15) is 33.1 Å². The van der Waals surface area contributed by atoms with E-state index in [2.05, 4.69) is 17.5 Å². The van der Waals surface area contributed by atoms with E-state index in [1.807, 2.05) is 32.0 Å². The number of nitrogens with one attached hydrogen (secondary N) is 1. The van der Waals surface area contributed by atoms with Gasteiger partial charge < -0.3 is 14.8 Å². The van der Waals surface area contributed by atoms with E-state index in [1.165, 1.54) is 0 Å². The second kappa shape index (κ2) is 7.72. The molecule has 0 aliphatic heterocycles. The average molecular weight is 289 g/mol. The van der Waals surface area contributed by atoms with E-state index < -0.39 is 0 Å². The number of allylic oxidation sites excluding steroid dienone is 2. The SMILES string of the molecule is CCOc1ccc(OCC)c(NC(=O)CC2C=CCC2)c1. The molecule has 0 saturated heterocycles. The minimum Gasteiger partial charge on any atom is -0.494 e. The predicted molar refractivity (Wildman–Crippen MR) is 83.9 cm³/mol. The monoisotopic (exact) mass is 289 g/mol. The van der Waals surface area contributed by atoms with Crippen LogP contribution in [-0.4, -0.2) is 19.1 Å². The molecule has 4 nitrogen and oxygen atoms in total. The molecular formula is C17H23NO3. The molecule has 0 saturated carbocycles. The maximum Gasteiger partial charge on any atom is 0.225 e. The van der Waals surface area contributed by atoms with Crippen molar-refractivity contribution in [3.63, 3.8) is 0 Å². The summed E-state index contributed by atoms with van der Waals surface area (Å²) in [4.78, 5) is 12.2. The van der Waals surface area contributed by atoms with Gasteiger partial charge in [0, 0.05) is 12.5 Å². The zero-order valence-corrected chi connectivity index (χ0v) is 12.7. The zero-order chi connectivity index (χ0) is 15.1. The Kier molecular flexibility index (Phi) is 5.67. The van der Waals surface area contributed by atoms with Gasteiger partial charge in [0.2, 0.25) is 5.91 Å². The minimum atomic E-state index is 0.0150. The van der Waals surface area contributed by atoms with E-state index in [1.54, 1.807) is 0 Å². The number of amides is 1. The van der Waals surface area contributed by atoms with E-state index in [9.17, 15) is 4.79 Å². The van der Waals surface area contributed by atoms with Crippen LogP contribution in [0.5, 0.6) is 11.5 Å². The zero-order valence-electron chi connectivity index (χ0n) is 12.7. The number of hydrogen-bond acceptors (Lipinski definition) is 3. The summed E-state index contributed by atoms with van der Waals surface area (Å²) in [7, 11) is 0. The minimum absolute atomic E-state index is 0.0150. The van der Waals surface area contributed by atoms with Crippen molar-refractivity contribution in [1.82, 2.24) is 0 Å². The van der Waals surface area contributed by atoms with E-state index in [4.69, 9.17) is 9.47 Å². The molecule has 114 valence electrons. The first-order chi connectivity index (χ1) is 10.2. The largest absolute Gasteiger partial charge is 0.494 e. The lowest BCUT2D eigenvalue weighted by Gasteiger charge is -2.14. The molecular weight excluding hydrogens is 266 g/mol. The van der Waals surface area contributed by atoms with Crippen molar-refractivity contribution in [2.75, 3.05) is 18.5 Å². The molecule has 2 rings (SSSR count). The quantitative estimate of drug-likeness (QED) is 0.777. The predicted octanol–water partition coefficient (Wildman–Crippen LogP) is 3.78. The summed E-state index contributed by atoms with van der Waals surface area (Å²) in [5.74, 6) is 1.78. The summed E-state index contributed by atoms with van der Waals surface area (Å²) in [6, 6.07) is 5.50. The molecule has 0 radical (unpaired) electrons. The van der Waals surface area contributed by atoms with Crippen LogP contribution in [0.2, 0.25) is 0 Å².